The summed E-state index contributed by atoms with van der Waals surface area (Å²) in [5, 5.41) is 9.29. The maximum atomic E-state index is 14.8. The monoisotopic (exact) mass is 2000 g/mol. The fourth-order valence-electron chi connectivity index (χ4n) is 18.9. The highest BCUT2D eigenvalue weighted by Crippen LogP contribution is 2.43. The molecular formula is C101H110Br3Cl3N18O5. The zero-order valence-electron chi connectivity index (χ0n) is 73.5. The van der Waals surface area contributed by atoms with Gasteiger partial charge in [-0.2, -0.15) is 0 Å². The number of benzene rings is 6. The third-order valence-electron chi connectivity index (χ3n) is 25.1. The van der Waals surface area contributed by atoms with Gasteiger partial charge in [0.05, 0.1) is 66.3 Å². The maximum absolute atomic E-state index is 14.8. The Morgan fingerprint density at radius 2 is 0.762 bits per heavy atom. The van der Waals surface area contributed by atoms with E-state index in [-0.39, 0.29) is 47.9 Å². The minimum Gasteiger partial charge on any atom is -0.444 e. The Kier molecular flexibility index (Phi) is 31.7. The zero-order chi connectivity index (χ0) is 90.2. The molecule has 0 bridgehead atoms. The second-order valence-electron chi connectivity index (χ2n) is 35.2. The van der Waals surface area contributed by atoms with Crippen LogP contribution in [0.25, 0.3) is 0 Å². The molecule has 12 aromatic rings. The van der Waals surface area contributed by atoms with E-state index in [0.29, 0.717) is 77.0 Å². The number of aromatic nitrogens is 9. The standard InChI is InChI=1S/C37H42BrClN6O3.2C32H34BrClN6O/c1-37(2,3)48-36(47)45-19-18-43(34-31-13-12-30(39)21-27(31)10-11-28-20-29(38)22-41-33(28)34)24-32(45)35(46)44(23-26-8-5-4-6-9-26)16-7-15-42-17-14-40-25-42;2*33-26-17-25-8-7-24-18-27(34)9-10-28(24)31(30(25)37-19-26)39-16-12-36-29(21-39)32(41)40(20-23-5-2-1-3-6-23)14-4-13-38-15-11-35-22-38/h4-6,8-9,12-14,17,20-22,25,32,34H,7,10-11,15-16,18-19,23-24H2,1-3H3;2*1-3,5-6,9-11,15,17-19,22,29,31,36H,4,7-8,12-14,16,20-21H2/t32-,34?;29-,31+;29-,31-/m111/s1. The van der Waals surface area contributed by atoms with Crippen molar-refractivity contribution in [3.8, 4) is 0 Å². The molecule has 4 amide bonds. The van der Waals surface area contributed by atoms with Crippen LogP contribution >= 0.6 is 82.6 Å². The average molecular weight is 2000 g/mol. The van der Waals surface area contributed by atoms with E-state index in [0.717, 1.165) is 172 Å². The van der Waals surface area contributed by atoms with Crippen LogP contribution < -0.4 is 10.6 Å². The second kappa shape index (κ2) is 44.2. The number of pyridine rings is 3. The molecule has 6 aliphatic rings. The minimum atomic E-state index is -0.761. The van der Waals surface area contributed by atoms with Gasteiger partial charge < -0.3 is 43.8 Å². The summed E-state index contributed by atoms with van der Waals surface area (Å²) in [5.74, 6) is 0.172. The molecule has 0 saturated carbocycles. The SMILES string of the molecule is CC(C)(C)OC(=O)N1CCN(C2c3ccc(Cl)cc3CCc3cc(Br)cnc32)C[C@@H]1C(=O)N(CCCn1ccnc1)Cc1ccccc1.O=C([C@H]1CN([C@@H]2c3ccc(Cl)cc3CCc3cc(Br)cnc32)CCN1)N(CCCn1ccnc1)Cc1ccccc1.O=C([C@H]1CN([C@H]2c3ccc(Cl)cc3CCc3cc(Br)cnc32)CCN1)N(CCCn1ccnc1)Cc1ccccc1. The van der Waals surface area contributed by atoms with Gasteiger partial charge in [0.1, 0.15) is 11.6 Å². The first-order valence-corrected chi connectivity index (χ1v) is 48.5. The maximum Gasteiger partial charge on any atom is 0.411 e. The van der Waals surface area contributed by atoms with Crippen LogP contribution in [-0.2, 0) is 96.9 Å². The van der Waals surface area contributed by atoms with E-state index in [1.165, 1.54) is 38.9 Å². The molecule has 1 unspecified atom stereocenters. The van der Waals surface area contributed by atoms with E-state index >= 15 is 0 Å². The molecule has 676 valence electrons. The summed E-state index contributed by atoms with van der Waals surface area (Å²) in [5.41, 5.74) is 16.6. The largest absolute Gasteiger partial charge is 0.444 e. The molecule has 2 N–H and O–H groups in total. The summed E-state index contributed by atoms with van der Waals surface area (Å²) in [4.78, 5) is 98.9. The molecule has 3 aliphatic heterocycles. The molecule has 0 spiro atoms. The van der Waals surface area contributed by atoms with E-state index in [1.54, 1.807) is 29.8 Å². The van der Waals surface area contributed by atoms with Crippen LogP contribution in [0.15, 0.2) is 252 Å². The lowest BCUT2D eigenvalue weighted by atomic mass is 9.95. The molecular weight excluding hydrogens is 1890 g/mol. The van der Waals surface area contributed by atoms with Gasteiger partial charge in [-0.1, -0.05) is 144 Å². The van der Waals surface area contributed by atoms with Gasteiger partial charge in [-0.15, -0.1) is 0 Å². The van der Waals surface area contributed by atoms with Crippen molar-refractivity contribution in [2.24, 2.45) is 0 Å². The highest BCUT2D eigenvalue weighted by atomic mass is 79.9. The van der Waals surface area contributed by atoms with Gasteiger partial charge >= 0.3 is 6.09 Å². The number of amides is 4. The molecule has 3 aliphatic carbocycles. The fraction of sp³-hybridized carbons (Fsp3) is 0.366. The molecule has 18 rings (SSSR count). The van der Waals surface area contributed by atoms with Crippen LogP contribution in [0.3, 0.4) is 0 Å². The van der Waals surface area contributed by atoms with Crippen molar-refractivity contribution in [2.45, 2.75) is 160 Å². The van der Waals surface area contributed by atoms with Gasteiger partial charge in [-0.25, -0.2) is 19.7 Å². The van der Waals surface area contributed by atoms with Crippen molar-refractivity contribution >= 4 is 106 Å². The number of nitrogens with one attached hydrogen (secondary N) is 2. The number of carbonyl (C=O) groups excluding carboxylic acids is 4. The molecule has 23 nitrogen and oxygen atoms in total. The van der Waals surface area contributed by atoms with E-state index in [9.17, 15) is 19.2 Å². The summed E-state index contributed by atoms with van der Waals surface area (Å²) < 4.78 is 14.9. The van der Waals surface area contributed by atoms with Crippen molar-refractivity contribution in [3.05, 3.63) is 351 Å². The molecule has 3 fully saturated rings. The third kappa shape index (κ3) is 24.0. The van der Waals surface area contributed by atoms with Crippen LogP contribution in [0.1, 0.15) is 142 Å². The Labute approximate surface area is 801 Å². The van der Waals surface area contributed by atoms with Crippen molar-refractivity contribution in [3.63, 3.8) is 0 Å². The molecule has 0 radical (unpaired) electrons. The predicted octanol–water partition coefficient (Wildman–Crippen LogP) is 17.5. The van der Waals surface area contributed by atoms with Gasteiger partial charge in [0.15, 0.2) is 0 Å². The number of nitrogens with zero attached hydrogens (tertiary/aromatic N) is 16. The number of hydrogen-bond donors (Lipinski definition) is 2. The zero-order valence-corrected chi connectivity index (χ0v) is 80.6. The van der Waals surface area contributed by atoms with Crippen molar-refractivity contribution in [2.75, 3.05) is 78.5 Å². The Bertz CT molecular complexity index is 5420. The first-order valence-electron chi connectivity index (χ1n) is 45.0. The number of imidazole rings is 3. The lowest BCUT2D eigenvalue weighted by Gasteiger charge is -2.45. The van der Waals surface area contributed by atoms with Crippen LogP contribution in [-0.4, -0.2) is 204 Å². The summed E-state index contributed by atoms with van der Waals surface area (Å²) in [6.07, 6.45) is 29.5. The normalized spacial score (nSPS) is 18.5. The van der Waals surface area contributed by atoms with Crippen LogP contribution in [0.5, 0.6) is 0 Å². The fourth-order valence-corrected chi connectivity index (χ4v) is 20.7. The van der Waals surface area contributed by atoms with Crippen molar-refractivity contribution in [1.82, 2.24) is 88.5 Å². The van der Waals surface area contributed by atoms with Gasteiger partial charge in [0.25, 0.3) is 0 Å². The highest BCUT2D eigenvalue weighted by Gasteiger charge is 2.45. The van der Waals surface area contributed by atoms with Crippen molar-refractivity contribution in [1.29, 1.82) is 0 Å². The number of rotatable bonds is 24. The Balaban J connectivity index is 0.000000143. The number of ether oxygens (including phenoxy) is 1. The summed E-state index contributed by atoms with van der Waals surface area (Å²) in [6, 6.07) is 53.9. The Morgan fingerprint density at radius 3 is 1.10 bits per heavy atom. The van der Waals surface area contributed by atoms with E-state index in [1.807, 2.05) is 181 Å². The molecule has 9 heterocycles. The summed E-state index contributed by atoms with van der Waals surface area (Å²) >= 11 is 30.2. The third-order valence-corrected chi connectivity index (χ3v) is 27.1. The lowest BCUT2D eigenvalue weighted by molar-refractivity contribution is -0.140. The van der Waals surface area contributed by atoms with Gasteiger partial charge in [0, 0.05) is 202 Å². The Morgan fingerprint density at radius 1 is 0.423 bits per heavy atom. The number of aryl methyl sites for hydroxylation is 9. The first kappa shape index (κ1) is 93.4. The van der Waals surface area contributed by atoms with Crippen LogP contribution in [0, 0.1) is 0 Å². The van der Waals surface area contributed by atoms with Crippen molar-refractivity contribution < 1.29 is 23.9 Å². The van der Waals surface area contributed by atoms with E-state index in [4.69, 9.17) is 54.5 Å². The minimum absolute atomic E-state index is 0.0333. The van der Waals surface area contributed by atoms with E-state index in [2.05, 4.69) is 170 Å². The molecule has 130 heavy (non-hydrogen) atoms. The smallest absolute Gasteiger partial charge is 0.411 e. The topological polar surface area (TPSA) is 216 Å². The molecule has 3 saturated heterocycles. The summed E-state index contributed by atoms with van der Waals surface area (Å²) in [7, 11) is 0. The molecule has 6 atom stereocenters. The first-order chi connectivity index (χ1) is 63.1. The second-order valence-corrected chi connectivity index (χ2v) is 39.3. The quantitative estimate of drug-likeness (QED) is 0.0575. The lowest BCUT2D eigenvalue weighted by Crippen LogP contribution is -2.62. The Hall–Kier alpha value is -9.81. The van der Waals surface area contributed by atoms with Gasteiger partial charge in [-0.05, 0) is 248 Å². The number of carbonyl (C=O) groups is 4. The number of fused-ring (bicyclic) bond motifs is 6. The highest BCUT2D eigenvalue weighted by molar-refractivity contribution is 9.11. The molecule has 29 heteroatoms. The van der Waals surface area contributed by atoms with Crippen LogP contribution in [0.4, 0.5) is 4.79 Å². The predicted molar refractivity (Wildman–Crippen MR) is 519 cm³/mol. The number of piperazine rings is 3. The van der Waals surface area contributed by atoms with Crippen LogP contribution in [0.2, 0.25) is 15.1 Å². The van der Waals surface area contributed by atoms with Gasteiger partial charge in [0.2, 0.25) is 17.7 Å². The number of halogens is 6. The van der Waals surface area contributed by atoms with E-state index < -0.39 is 17.7 Å². The molecule has 6 aromatic carbocycles. The molecule has 6 aromatic heterocycles. The number of hydrogen-bond acceptors (Lipinski definition) is 16. The average Bonchev–Trinajstić information content (AvgIpc) is 0.906. The summed E-state index contributed by atoms with van der Waals surface area (Å²) in [6.45, 7) is 17.0. The van der Waals surface area contributed by atoms with Gasteiger partial charge in [-0.3, -0.25) is 48.9 Å².